The SMILES string of the molecule is CCCCCCCCCn1cc(CCCCCCC)nn1. The molecule has 122 valence electrons. The molecule has 1 aromatic rings. The van der Waals surface area contributed by atoms with Crippen molar-refractivity contribution < 1.29 is 0 Å². The summed E-state index contributed by atoms with van der Waals surface area (Å²) >= 11 is 0. The van der Waals surface area contributed by atoms with Gasteiger partial charge in [0.15, 0.2) is 0 Å². The van der Waals surface area contributed by atoms with Crippen LogP contribution >= 0.6 is 0 Å². The van der Waals surface area contributed by atoms with Crippen molar-refractivity contribution in [2.75, 3.05) is 0 Å². The van der Waals surface area contributed by atoms with E-state index in [1.807, 2.05) is 4.68 Å². The number of aryl methyl sites for hydroxylation is 2. The first-order chi connectivity index (χ1) is 10.4. The summed E-state index contributed by atoms with van der Waals surface area (Å²) in [7, 11) is 0. The van der Waals surface area contributed by atoms with Gasteiger partial charge in [0, 0.05) is 12.7 Å². The van der Waals surface area contributed by atoms with Crippen molar-refractivity contribution in [3.05, 3.63) is 11.9 Å². The largest absolute Gasteiger partial charge is 0.252 e. The lowest BCUT2D eigenvalue weighted by molar-refractivity contribution is 0.513. The van der Waals surface area contributed by atoms with E-state index < -0.39 is 0 Å². The molecule has 1 heterocycles. The maximum absolute atomic E-state index is 4.29. The van der Waals surface area contributed by atoms with Gasteiger partial charge in [-0.1, -0.05) is 83.3 Å². The highest BCUT2D eigenvalue weighted by atomic mass is 15.4. The number of aromatic nitrogens is 3. The topological polar surface area (TPSA) is 30.7 Å². The monoisotopic (exact) mass is 293 g/mol. The predicted octanol–water partition coefficient (Wildman–Crippen LogP) is 5.54. The first-order valence-corrected chi connectivity index (χ1v) is 9.25. The Labute approximate surface area is 131 Å². The molecule has 0 saturated heterocycles. The predicted molar refractivity (Wildman–Crippen MR) is 90.5 cm³/mol. The van der Waals surface area contributed by atoms with E-state index in [9.17, 15) is 0 Å². The van der Waals surface area contributed by atoms with Gasteiger partial charge in [0.1, 0.15) is 0 Å². The Morgan fingerprint density at radius 3 is 2.00 bits per heavy atom. The molecule has 21 heavy (non-hydrogen) atoms. The van der Waals surface area contributed by atoms with Gasteiger partial charge in [0.05, 0.1) is 5.69 Å². The van der Waals surface area contributed by atoms with Crippen LogP contribution in [0.1, 0.15) is 96.6 Å². The van der Waals surface area contributed by atoms with Crippen molar-refractivity contribution in [3.63, 3.8) is 0 Å². The Morgan fingerprint density at radius 2 is 1.33 bits per heavy atom. The number of hydrogen-bond acceptors (Lipinski definition) is 2. The second kappa shape index (κ2) is 12.8. The number of rotatable bonds is 14. The average Bonchev–Trinajstić information content (AvgIpc) is 2.94. The standard InChI is InChI=1S/C18H35N3/c1-3-5-7-9-10-12-14-16-21-17-18(19-20-21)15-13-11-8-6-4-2/h17H,3-16H2,1-2H3. The minimum Gasteiger partial charge on any atom is -0.252 e. The summed E-state index contributed by atoms with van der Waals surface area (Å²) < 4.78 is 2.04. The van der Waals surface area contributed by atoms with Gasteiger partial charge in [0.2, 0.25) is 0 Å². The summed E-state index contributed by atoms with van der Waals surface area (Å²) in [5.74, 6) is 0. The highest BCUT2D eigenvalue weighted by Crippen LogP contribution is 2.09. The Hall–Kier alpha value is -0.860. The molecule has 0 aromatic carbocycles. The molecule has 0 radical (unpaired) electrons. The third kappa shape index (κ3) is 9.65. The van der Waals surface area contributed by atoms with Crippen LogP contribution in [0.25, 0.3) is 0 Å². The second-order valence-electron chi connectivity index (χ2n) is 6.26. The van der Waals surface area contributed by atoms with Crippen molar-refractivity contribution in [1.82, 2.24) is 15.0 Å². The zero-order valence-electron chi connectivity index (χ0n) is 14.3. The van der Waals surface area contributed by atoms with Gasteiger partial charge in [-0.05, 0) is 19.3 Å². The Morgan fingerprint density at radius 1 is 0.762 bits per heavy atom. The Balaban J connectivity index is 2.01. The van der Waals surface area contributed by atoms with E-state index in [1.54, 1.807) is 0 Å². The highest BCUT2D eigenvalue weighted by Gasteiger charge is 2.01. The van der Waals surface area contributed by atoms with Crippen LogP contribution in [0.5, 0.6) is 0 Å². The van der Waals surface area contributed by atoms with Gasteiger partial charge in [0.25, 0.3) is 0 Å². The van der Waals surface area contributed by atoms with Gasteiger partial charge in [-0.3, -0.25) is 4.68 Å². The number of unbranched alkanes of at least 4 members (excludes halogenated alkanes) is 10. The first kappa shape index (κ1) is 18.2. The van der Waals surface area contributed by atoms with Crippen LogP contribution in [0.15, 0.2) is 6.20 Å². The molecule has 0 atom stereocenters. The molecule has 0 unspecified atom stereocenters. The molecular weight excluding hydrogens is 258 g/mol. The molecule has 0 aliphatic heterocycles. The van der Waals surface area contributed by atoms with E-state index in [-0.39, 0.29) is 0 Å². The minimum atomic E-state index is 1.04. The van der Waals surface area contributed by atoms with Crippen molar-refractivity contribution in [1.29, 1.82) is 0 Å². The maximum Gasteiger partial charge on any atom is 0.0827 e. The summed E-state index contributed by atoms with van der Waals surface area (Å²) in [5, 5.41) is 8.53. The second-order valence-corrected chi connectivity index (χ2v) is 6.26. The molecule has 0 amide bonds. The molecule has 1 aromatic heterocycles. The minimum absolute atomic E-state index is 1.04. The smallest absolute Gasteiger partial charge is 0.0827 e. The van der Waals surface area contributed by atoms with Crippen LogP contribution in [0, 0.1) is 0 Å². The lowest BCUT2D eigenvalue weighted by atomic mass is 10.1. The van der Waals surface area contributed by atoms with Crippen molar-refractivity contribution in [2.24, 2.45) is 0 Å². The van der Waals surface area contributed by atoms with Crippen molar-refractivity contribution in [2.45, 2.75) is 104 Å². The van der Waals surface area contributed by atoms with Crippen LogP contribution < -0.4 is 0 Å². The molecule has 0 spiro atoms. The van der Waals surface area contributed by atoms with E-state index >= 15 is 0 Å². The maximum atomic E-state index is 4.29. The lowest BCUT2D eigenvalue weighted by Crippen LogP contribution is -1.98. The van der Waals surface area contributed by atoms with Crippen LogP contribution in [0.3, 0.4) is 0 Å². The molecule has 1 rings (SSSR count). The van der Waals surface area contributed by atoms with Gasteiger partial charge in [-0.25, -0.2) is 0 Å². The molecule has 3 heteroatoms. The molecule has 0 fully saturated rings. The van der Waals surface area contributed by atoms with Crippen LogP contribution in [0.4, 0.5) is 0 Å². The molecule has 0 aliphatic rings. The zero-order chi connectivity index (χ0) is 15.2. The summed E-state index contributed by atoms with van der Waals surface area (Å²) in [6.45, 7) is 5.57. The van der Waals surface area contributed by atoms with E-state index in [0.29, 0.717) is 0 Å². The number of nitrogens with zero attached hydrogens (tertiary/aromatic N) is 3. The van der Waals surface area contributed by atoms with Crippen LogP contribution in [-0.2, 0) is 13.0 Å². The molecule has 0 saturated carbocycles. The Bertz CT molecular complexity index is 333. The van der Waals surface area contributed by atoms with Crippen molar-refractivity contribution in [3.8, 4) is 0 Å². The highest BCUT2D eigenvalue weighted by molar-refractivity contribution is 4.92. The van der Waals surface area contributed by atoms with E-state index in [1.165, 1.54) is 82.7 Å². The van der Waals surface area contributed by atoms with Crippen LogP contribution in [-0.4, -0.2) is 15.0 Å². The van der Waals surface area contributed by atoms with Crippen molar-refractivity contribution >= 4 is 0 Å². The van der Waals surface area contributed by atoms with E-state index in [2.05, 4.69) is 30.4 Å². The molecule has 0 N–H and O–H groups in total. The first-order valence-electron chi connectivity index (χ1n) is 9.25. The Kier molecular flexibility index (Phi) is 11.1. The summed E-state index contributed by atoms with van der Waals surface area (Å²) in [4.78, 5) is 0. The molecule has 3 nitrogen and oxygen atoms in total. The van der Waals surface area contributed by atoms with Crippen LogP contribution in [0.2, 0.25) is 0 Å². The summed E-state index contributed by atoms with van der Waals surface area (Å²) in [5.41, 5.74) is 1.18. The summed E-state index contributed by atoms with van der Waals surface area (Å²) in [6.07, 6.45) is 19.4. The normalized spacial score (nSPS) is 11.1. The molecule has 0 bridgehead atoms. The van der Waals surface area contributed by atoms with Gasteiger partial charge in [-0.2, -0.15) is 0 Å². The van der Waals surface area contributed by atoms with E-state index in [0.717, 1.165) is 13.0 Å². The number of hydrogen-bond donors (Lipinski definition) is 0. The van der Waals surface area contributed by atoms with Gasteiger partial charge in [-0.15, -0.1) is 5.10 Å². The lowest BCUT2D eigenvalue weighted by Gasteiger charge is -2.01. The fraction of sp³-hybridized carbons (Fsp3) is 0.889. The van der Waals surface area contributed by atoms with Gasteiger partial charge < -0.3 is 0 Å². The average molecular weight is 293 g/mol. The van der Waals surface area contributed by atoms with Gasteiger partial charge >= 0.3 is 0 Å². The fourth-order valence-corrected chi connectivity index (χ4v) is 2.70. The third-order valence-electron chi connectivity index (χ3n) is 4.11. The molecule has 0 aliphatic carbocycles. The fourth-order valence-electron chi connectivity index (χ4n) is 2.70. The zero-order valence-corrected chi connectivity index (χ0v) is 14.3. The van der Waals surface area contributed by atoms with E-state index in [4.69, 9.17) is 0 Å². The molecular formula is C18H35N3. The third-order valence-corrected chi connectivity index (χ3v) is 4.11. The summed E-state index contributed by atoms with van der Waals surface area (Å²) in [6, 6.07) is 0. The quantitative estimate of drug-likeness (QED) is 0.421.